The Morgan fingerprint density at radius 3 is 2.65 bits per heavy atom. The van der Waals surface area contributed by atoms with Gasteiger partial charge in [0.1, 0.15) is 5.78 Å². The molecule has 0 aromatic carbocycles. The summed E-state index contributed by atoms with van der Waals surface area (Å²) in [5.74, 6) is 0.447. The number of unbranched alkanes of at least 4 members (excludes halogenated alkanes) is 3. The summed E-state index contributed by atoms with van der Waals surface area (Å²) < 4.78 is 0. The summed E-state index contributed by atoms with van der Waals surface area (Å²) >= 11 is 0. The fourth-order valence-electron chi connectivity index (χ4n) is 2.40. The molecule has 1 aliphatic heterocycles. The van der Waals surface area contributed by atoms with Crippen LogP contribution >= 0.6 is 0 Å². The quantitative estimate of drug-likeness (QED) is 0.611. The molecule has 0 radical (unpaired) electrons. The molecule has 1 rings (SSSR count). The number of carbonyl (C=O) groups is 2. The first-order valence-electron chi connectivity index (χ1n) is 6.99. The van der Waals surface area contributed by atoms with Gasteiger partial charge in [-0.1, -0.05) is 33.1 Å². The van der Waals surface area contributed by atoms with Crippen molar-refractivity contribution < 1.29 is 9.59 Å². The molecule has 0 aliphatic carbocycles. The van der Waals surface area contributed by atoms with Crippen LogP contribution in [0.2, 0.25) is 0 Å². The first-order valence-corrected chi connectivity index (χ1v) is 6.99. The van der Waals surface area contributed by atoms with Gasteiger partial charge in [0.05, 0.1) is 0 Å². The van der Waals surface area contributed by atoms with Gasteiger partial charge in [-0.2, -0.15) is 0 Å². The Kier molecular flexibility index (Phi) is 6.23. The lowest BCUT2D eigenvalue weighted by Crippen LogP contribution is -2.26. The molecule has 1 unspecified atom stereocenters. The smallest absolute Gasteiger partial charge is 0.223 e. The molecule has 3 nitrogen and oxygen atoms in total. The third-order valence-electron chi connectivity index (χ3n) is 3.44. The van der Waals surface area contributed by atoms with Crippen LogP contribution in [0.25, 0.3) is 0 Å². The zero-order valence-electron chi connectivity index (χ0n) is 11.2. The summed E-state index contributed by atoms with van der Waals surface area (Å²) in [5.41, 5.74) is 0. The van der Waals surface area contributed by atoms with Gasteiger partial charge in [0, 0.05) is 31.8 Å². The fourth-order valence-corrected chi connectivity index (χ4v) is 2.40. The number of amides is 1. The minimum atomic E-state index is -0.0179. The van der Waals surface area contributed by atoms with Crippen molar-refractivity contribution in [1.29, 1.82) is 0 Å². The topological polar surface area (TPSA) is 37.4 Å². The molecule has 0 spiro atoms. The maximum atomic E-state index is 11.9. The second-order valence-corrected chi connectivity index (χ2v) is 5.02. The van der Waals surface area contributed by atoms with Gasteiger partial charge in [0.2, 0.25) is 5.91 Å². The van der Waals surface area contributed by atoms with Gasteiger partial charge >= 0.3 is 0 Å². The van der Waals surface area contributed by atoms with E-state index in [2.05, 4.69) is 13.8 Å². The van der Waals surface area contributed by atoms with Crippen LogP contribution in [0, 0.1) is 5.92 Å². The highest BCUT2D eigenvalue weighted by atomic mass is 16.2. The first-order chi connectivity index (χ1) is 8.19. The van der Waals surface area contributed by atoms with Crippen molar-refractivity contribution in [2.75, 3.05) is 13.1 Å². The van der Waals surface area contributed by atoms with E-state index >= 15 is 0 Å². The van der Waals surface area contributed by atoms with Gasteiger partial charge in [0.15, 0.2) is 0 Å². The lowest BCUT2D eigenvalue weighted by atomic mass is 9.98. The highest BCUT2D eigenvalue weighted by Gasteiger charge is 2.32. The molecule has 3 heteroatoms. The Labute approximate surface area is 105 Å². The zero-order chi connectivity index (χ0) is 12.7. The van der Waals surface area contributed by atoms with Crippen molar-refractivity contribution in [3.8, 4) is 0 Å². The summed E-state index contributed by atoms with van der Waals surface area (Å²) in [6, 6.07) is 0. The van der Waals surface area contributed by atoms with Crippen LogP contribution in [0.1, 0.15) is 58.8 Å². The minimum Gasteiger partial charge on any atom is -0.342 e. The summed E-state index contributed by atoms with van der Waals surface area (Å²) in [4.78, 5) is 25.4. The largest absolute Gasteiger partial charge is 0.342 e. The van der Waals surface area contributed by atoms with E-state index in [1.165, 1.54) is 12.8 Å². The third kappa shape index (κ3) is 4.49. The summed E-state index contributed by atoms with van der Waals surface area (Å²) in [7, 11) is 0. The Hall–Kier alpha value is -0.860. The zero-order valence-corrected chi connectivity index (χ0v) is 11.2. The van der Waals surface area contributed by atoms with Crippen LogP contribution < -0.4 is 0 Å². The molecule has 0 bridgehead atoms. The number of hydrogen-bond acceptors (Lipinski definition) is 2. The van der Waals surface area contributed by atoms with E-state index in [9.17, 15) is 9.59 Å². The number of ketones is 1. The molecule has 1 amide bonds. The van der Waals surface area contributed by atoms with Crippen LogP contribution in [0.3, 0.4) is 0 Å². The maximum Gasteiger partial charge on any atom is 0.223 e. The van der Waals surface area contributed by atoms with E-state index in [1.807, 2.05) is 4.90 Å². The lowest BCUT2D eigenvalue weighted by molar-refractivity contribution is -0.128. The number of likely N-dealkylation sites (tertiary alicyclic amines) is 1. The molecule has 0 aromatic rings. The Bertz CT molecular complexity index is 263. The van der Waals surface area contributed by atoms with E-state index in [0.29, 0.717) is 25.2 Å². The van der Waals surface area contributed by atoms with Crippen molar-refractivity contribution in [2.24, 2.45) is 5.92 Å². The third-order valence-corrected chi connectivity index (χ3v) is 3.44. The van der Waals surface area contributed by atoms with Crippen LogP contribution in [-0.2, 0) is 9.59 Å². The Morgan fingerprint density at radius 1 is 1.24 bits per heavy atom. The van der Waals surface area contributed by atoms with Crippen molar-refractivity contribution in [3.63, 3.8) is 0 Å². The van der Waals surface area contributed by atoms with Crippen LogP contribution in [0.4, 0.5) is 0 Å². The molecule has 0 N–H and O–H groups in total. The van der Waals surface area contributed by atoms with E-state index < -0.39 is 0 Å². The fraction of sp³-hybridized carbons (Fsp3) is 0.857. The van der Waals surface area contributed by atoms with Crippen molar-refractivity contribution in [3.05, 3.63) is 0 Å². The lowest BCUT2D eigenvalue weighted by Gasteiger charge is -2.14. The van der Waals surface area contributed by atoms with Gasteiger partial charge in [-0.05, 0) is 12.8 Å². The minimum absolute atomic E-state index is 0.0179. The predicted octanol–water partition coefficient (Wildman–Crippen LogP) is 2.78. The second-order valence-electron chi connectivity index (χ2n) is 5.02. The Balaban J connectivity index is 2.27. The SMILES string of the molecule is CCCCCCC(=O)C1CC(=O)N(CCC)C1. The van der Waals surface area contributed by atoms with Crippen molar-refractivity contribution in [1.82, 2.24) is 4.90 Å². The monoisotopic (exact) mass is 239 g/mol. The number of Topliss-reactive ketones (excluding diaryl/α,β-unsaturated/α-hetero) is 1. The maximum absolute atomic E-state index is 11.9. The van der Waals surface area contributed by atoms with E-state index in [-0.39, 0.29) is 11.8 Å². The highest BCUT2D eigenvalue weighted by molar-refractivity contribution is 5.90. The molecule has 98 valence electrons. The van der Waals surface area contributed by atoms with Crippen molar-refractivity contribution >= 4 is 11.7 Å². The van der Waals surface area contributed by atoms with Gasteiger partial charge < -0.3 is 4.90 Å². The van der Waals surface area contributed by atoms with E-state index in [1.54, 1.807) is 0 Å². The molecule has 1 saturated heterocycles. The molecule has 1 atom stereocenters. The van der Waals surface area contributed by atoms with Crippen LogP contribution in [-0.4, -0.2) is 29.7 Å². The number of carbonyl (C=O) groups excluding carboxylic acids is 2. The average Bonchev–Trinajstić information content (AvgIpc) is 2.67. The molecular weight excluding hydrogens is 214 g/mol. The van der Waals surface area contributed by atoms with Gasteiger partial charge in [-0.3, -0.25) is 9.59 Å². The second kappa shape index (κ2) is 7.46. The average molecular weight is 239 g/mol. The van der Waals surface area contributed by atoms with E-state index in [0.717, 1.165) is 25.8 Å². The first kappa shape index (κ1) is 14.2. The Morgan fingerprint density at radius 2 is 2.00 bits per heavy atom. The van der Waals surface area contributed by atoms with E-state index in [4.69, 9.17) is 0 Å². The van der Waals surface area contributed by atoms with Crippen molar-refractivity contribution in [2.45, 2.75) is 58.8 Å². The van der Waals surface area contributed by atoms with Crippen LogP contribution in [0.5, 0.6) is 0 Å². The number of hydrogen-bond donors (Lipinski definition) is 0. The molecule has 0 aromatic heterocycles. The van der Waals surface area contributed by atoms with Gasteiger partial charge in [-0.25, -0.2) is 0 Å². The van der Waals surface area contributed by atoms with Gasteiger partial charge in [-0.15, -0.1) is 0 Å². The molecular formula is C14H25NO2. The number of rotatable bonds is 8. The highest BCUT2D eigenvalue weighted by Crippen LogP contribution is 2.21. The molecule has 17 heavy (non-hydrogen) atoms. The molecule has 1 fully saturated rings. The molecule has 0 saturated carbocycles. The summed E-state index contributed by atoms with van der Waals surface area (Å²) in [6.45, 7) is 5.70. The molecule has 1 aliphatic rings. The molecule has 1 heterocycles. The normalized spacial score (nSPS) is 20.0. The summed E-state index contributed by atoms with van der Waals surface area (Å²) in [6.07, 6.45) is 6.62. The number of nitrogens with zero attached hydrogens (tertiary/aromatic N) is 1. The predicted molar refractivity (Wildman–Crippen MR) is 68.7 cm³/mol. The standard InChI is InChI=1S/C14H25NO2/c1-3-5-6-7-8-13(16)12-10-14(17)15(11-12)9-4-2/h12H,3-11H2,1-2H3. The summed E-state index contributed by atoms with van der Waals surface area (Å²) in [5, 5.41) is 0. The van der Waals surface area contributed by atoms with Crippen LogP contribution in [0.15, 0.2) is 0 Å². The van der Waals surface area contributed by atoms with Gasteiger partial charge in [0.25, 0.3) is 0 Å².